The molecule has 1 aromatic heterocycles. The van der Waals surface area contributed by atoms with E-state index in [0.29, 0.717) is 17.3 Å². The van der Waals surface area contributed by atoms with Crippen molar-refractivity contribution in [2.45, 2.75) is 20.8 Å². The van der Waals surface area contributed by atoms with E-state index in [9.17, 15) is 4.79 Å². The molecule has 0 spiro atoms. The van der Waals surface area contributed by atoms with Crippen molar-refractivity contribution >= 4 is 29.1 Å². The molecule has 3 aromatic rings. The molecule has 28 heavy (non-hydrogen) atoms. The Hall–Kier alpha value is -3.41. The Morgan fingerprint density at radius 2 is 1.82 bits per heavy atom. The van der Waals surface area contributed by atoms with Crippen LogP contribution in [0.4, 0.5) is 23.1 Å². The van der Waals surface area contributed by atoms with Crippen LogP contribution in [0.25, 0.3) is 0 Å². The van der Waals surface area contributed by atoms with Crippen LogP contribution in [-0.4, -0.2) is 29.6 Å². The minimum atomic E-state index is -0.358. The predicted molar refractivity (Wildman–Crippen MR) is 112 cm³/mol. The summed E-state index contributed by atoms with van der Waals surface area (Å²) in [6.45, 7) is 6.84. The van der Waals surface area contributed by atoms with Crippen molar-refractivity contribution in [3.8, 4) is 0 Å². The van der Waals surface area contributed by atoms with Gasteiger partial charge < -0.3 is 15.0 Å². The molecule has 0 saturated carbocycles. The van der Waals surface area contributed by atoms with Crippen molar-refractivity contribution in [3.05, 3.63) is 71.4 Å². The van der Waals surface area contributed by atoms with Crippen molar-refractivity contribution in [1.29, 1.82) is 0 Å². The maximum atomic E-state index is 11.6. The Kier molecular flexibility index (Phi) is 5.89. The third-order valence-electron chi connectivity index (χ3n) is 4.29. The fourth-order valence-electron chi connectivity index (χ4n) is 2.93. The Morgan fingerprint density at radius 3 is 2.46 bits per heavy atom. The van der Waals surface area contributed by atoms with Crippen molar-refractivity contribution in [1.82, 2.24) is 9.97 Å². The Morgan fingerprint density at radius 1 is 1.07 bits per heavy atom. The lowest BCUT2D eigenvalue weighted by Gasteiger charge is -2.22. The summed E-state index contributed by atoms with van der Waals surface area (Å²) in [7, 11) is 1.37. The summed E-state index contributed by atoms with van der Waals surface area (Å²) in [4.78, 5) is 23.0. The highest BCUT2D eigenvalue weighted by Gasteiger charge is 2.13. The van der Waals surface area contributed by atoms with Crippen LogP contribution >= 0.6 is 0 Å². The van der Waals surface area contributed by atoms with Gasteiger partial charge in [-0.1, -0.05) is 12.1 Å². The molecule has 144 valence electrons. The van der Waals surface area contributed by atoms with Crippen molar-refractivity contribution < 1.29 is 9.53 Å². The van der Waals surface area contributed by atoms with E-state index in [-0.39, 0.29) is 5.97 Å². The maximum absolute atomic E-state index is 11.6. The summed E-state index contributed by atoms with van der Waals surface area (Å²) in [5.41, 5.74) is 4.44. The number of benzene rings is 2. The number of methoxy groups -OCH3 is 1. The normalized spacial score (nSPS) is 10.4. The molecule has 0 unspecified atom stereocenters. The zero-order valence-electron chi connectivity index (χ0n) is 16.6. The molecule has 0 atom stereocenters. The fourth-order valence-corrected chi connectivity index (χ4v) is 2.93. The first-order valence-corrected chi connectivity index (χ1v) is 9.15. The van der Waals surface area contributed by atoms with Crippen LogP contribution in [0.15, 0.2) is 54.6 Å². The Labute approximate surface area is 165 Å². The quantitative estimate of drug-likeness (QED) is 0.625. The number of carbonyl (C=O) groups excluding carboxylic acids is 1. The van der Waals surface area contributed by atoms with E-state index in [1.165, 1.54) is 12.7 Å². The number of anilines is 4. The standard InChI is InChI=1S/C22H24N4O2/c1-5-26(19-8-6-7-15(2)13-19)22-23-16(3)14-20(25-22)24-18-11-9-17(10-12-18)21(27)28-4/h6-14H,5H2,1-4H3,(H,23,24,25). The molecule has 3 rings (SSSR count). The summed E-state index contributed by atoms with van der Waals surface area (Å²) in [6.07, 6.45) is 0. The fraction of sp³-hybridized carbons (Fsp3) is 0.227. The van der Waals surface area contributed by atoms with E-state index in [2.05, 4.69) is 47.2 Å². The third-order valence-corrected chi connectivity index (χ3v) is 4.29. The van der Waals surface area contributed by atoms with Gasteiger partial charge in [0.2, 0.25) is 5.95 Å². The smallest absolute Gasteiger partial charge is 0.337 e. The molecular formula is C22H24N4O2. The SMILES string of the molecule is CCN(c1cccc(C)c1)c1nc(C)cc(Nc2ccc(C(=O)OC)cc2)n1. The second-order valence-corrected chi connectivity index (χ2v) is 6.47. The second-order valence-electron chi connectivity index (χ2n) is 6.47. The van der Waals surface area contributed by atoms with Crippen LogP contribution in [0, 0.1) is 13.8 Å². The number of aryl methyl sites for hydroxylation is 2. The lowest BCUT2D eigenvalue weighted by atomic mass is 10.2. The molecule has 2 aromatic carbocycles. The summed E-state index contributed by atoms with van der Waals surface area (Å²) in [5, 5.41) is 3.28. The number of aromatic nitrogens is 2. The number of esters is 1. The summed E-state index contributed by atoms with van der Waals surface area (Å²) < 4.78 is 4.73. The number of carbonyl (C=O) groups is 1. The van der Waals surface area contributed by atoms with Gasteiger partial charge in [0, 0.05) is 29.7 Å². The third kappa shape index (κ3) is 4.46. The van der Waals surface area contributed by atoms with Gasteiger partial charge in [-0.05, 0) is 62.7 Å². The van der Waals surface area contributed by atoms with Gasteiger partial charge in [-0.2, -0.15) is 4.98 Å². The highest BCUT2D eigenvalue weighted by molar-refractivity contribution is 5.89. The van der Waals surface area contributed by atoms with Crippen molar-refractivity contribution in [2.24, 2.45) is 0 Å². The molecule has 1 N–H and O–H groups in total. The van der Waals surface area contributed by atoms with Gasteiger partial charge in [0.1, 0.15) is 5.82 Å². The average molecular weight is 376 g/mol. The summed E-state index contributed by atoms with van der Waals surface area (Å²) >= 11 is 0. The highest BCUT2D eigenvalue weighted by Crippen LogP contribution is 2.25. The van der Waals surface area contributed by atoms with E-state index < -0.39 is 0 Å². The molecule has 0 aliphatic heterocycles. The molecule has 0 radical (unpaired) electrons. The topological polar surface area (TPSA) is 67.4 Å². The first-order chi connectivity index (χ1) is 13.5. The molecule has 0 aliphatic carbocycles. The van der Waals surface area contributed by atoms with Crippen LogP contribution in [0.2, 0.25) is 0 Å². The first-order valence-electron chi connectivity index (χ1n) is 9.15. The highest BCUT2D eigenvalue weighted by atomic mass is 16.5. The number of hydrogen-bond donors (Lipinski definition) is 1. The maximum Gasteiger partial charge on any atom is 0.337 e. The molecule has 0 fully saturated rings. The number of hydrogen-bond acceptors (Lipinski definition) is 6. The molecule has 0 aliphatic rings. The molecule has 6 nitrogen and oxygen atoms in total. The number of nitrogens with one attached hydrogen (secondary N) is 1. The van der Waals surface area contributed by atoms with Gasteiger partial charge >= 0.3 is 5.97 Å². The van der Waals surface area contributed by atoms with Gasteiger partial charge in [-0.25, -0.2) is 9.78 Å². The van der Waals surface area contributed by atoms with Crippen molar-refractivity contribution in [3.63, 3.8) is 0 Å². The van der Waals surface area contributed by atoms with E-state index in [1.807, 2.05) is 31.2 Å². The summed E-state index contributed by atoms with van der Waals surface area (Å²) in [6, 6.07) is 17.2. The van der Waals surface area contributed by atoms with Gasteiger partial charge in [0.25, 0.3) is 0 Å². The molecule has 0 saturated heterocycles. The van der Waals surface area contributed by atoms with Crippen LogP contribution in [-0.2, 0) is 4.74 Å². The molecule has 1 heterocycles. The Bertz CT molecular complexity index is 971. The molecular weight excluding hydrogens is 352 g/mol. The molecule has 6 heteroatoms. The number of rotatable bonds is 6. The number of ether oxygens (including phenoxy) is 1. The lowest BCUT2D eigenvalue weighted by molar-refractivity contribution is 0.0601. The second kappa shape index (κ2) is 8.52. The first kappa shape index (κ1) is 19.4. The lowest BCUT2D eigenvalue weighted by Crippen LogP contribution is -2.19. The Balaban J connectivity index is 1.87. The van der Waals surface area contributed by atoms with E-state index in [1.54, 1.807) is 12.1 Å². The molecule has 0 amide bonds. The van der Waals surface area contributed by atoms with Crippen LogP contribution in [0.3, 0.4) is 0 Å². The number of nitrogens with zero attached hydrogens (tertiary/aromatic N) is 3. The minimum absolute atomic E-state index is 0.358. The van der Waals surface area contributed by atoms with Crippen LogP contribution in [0.5, 0.6) is 0 Å². The monoisotopic (exact) mass is 376 g/mol. The summed E-state index contributed by atoms with van der Waals surface area (Å²) in [5.74, 6) is 0.977. The average Bonchev–Trinajstić information content (AvgIpc) is 2.68. The van der Waals surface area contributed by atoms with Gasteiger partial charge in [-0.15, -0.1) is 0 Å². The zero-order chi connectivity index (χ0) is 20.1. The van der Waals surface area contributed by atoms with Gasteiger partial charge in [0.05, 0.1) is 12.7 Å². The van der Waals surface area contributed by atoms with E-state index >= 15 is 0 Å². The molecule has 0 bridgehead atoms. The van der Waals surface area contributed by atoms with Gasteiger partial charge in [-0.3, -0.25) is 0 Å². The van der Waals surface area contributed by atoms with Crippen molar-refractivity contribution in [2.75, 3.05) is 23.9 Å². The minimum Gasteiger partial charge on any atom is -0.465 e. The van der Waals surface area contributed by atoms with Crippen LogP contribution in [0.1, 0.15) is 28.5 Å². The van der Waals surface area contributed by atoms with Crippen LogP contribution < -0.4 is 10.2 Å². The van der Waals surface area contributed by atoms with Gasteiger partial charge in [0.15, 0.2) is 0 Å². The van der Waals surface area contributed by atoms with E-state index in [4.69, 9.17) is 9.72 Å². The largest absolute Gasteiger partial charge is 0.465 e. The zero-order valence-corrected chi connectivity index (χ0v) is 16.6. The predicted octanol–water partition coefficient (Wildman–Crippen LogP) is 4.78. The van der Waals surface area contributed by atoms with E-state index in [0.717, 1.165) is 23.6 Å².